The molecule has 3 unspecified atom stereocenters. The first-order valence-corrected chi connectivity index (χ1v) is 7.73. The van der Waals surface area contributed by atoms with Gasteiger partial charge in [0.25, 0.3) is 0 Å². The minimum absolute atomic E-state index is 0.152. The Labute approximate surface area is 112 Å². The van der Waals surface area contributed by atoms with Crippen LogP contribution in [0.5, 0.6) is 0 Å². The lowest BCUT2D eigenvalue weighted by Crippen LogP contribution is -2.57. The van der Waals surface area contributed by atoms with E-state index in [2.05, 4.69) is 18.7 Å². The molecule has 2 saturated heterocycles. The standard InChI is InChI=1S/C15H30N2O/c1-3-13-5-4-8-17(9-6-13)15(2,12-16)14-7-10-18-11-14/h13-14H,3-12,16H2,1-2H3. The third kappa shape index (κ3) is 2.89. The zero-order valence-corrected chi connectivity index (χ0v) is 12.2. The maximum atomic E-state index is 6.14. The molecule has 0 spiro atoms. The monoisotopic (exact) mass is 254 g/mol. The van der Waals surface area contributed by atoms with Crippen molar-refractivity contribution >= 4 is 0 Å². The van der Waals surface area contributed by atoms with E-state index in [0.717, 1.165) is 25.7 Å². The topological polar surface area (TPSA) is 38.5 Å². The summed E-state index contributed by atoms with van der Waals surface area (Å²) < 4.78 is 5.59. The first kappa shape index (κ1) is 14.3. The van der Waals surface area contributed by atoms with Crippen molar-refractivity contribution in [2.24, 2.45) is 17.6 Å². The zero-order chi connectivity index (χ0) is 13.0. The molecule has 0 aromatic carbocycles. The Balaban J connectivity index is 2.02. The third-order valence-corrected chi connectivity index (χ3v) is 5.37. The summed E-state index contributed by atoms with van der Waals surface area (Å²) in [5.41, 5.74) is 6.29. The van der Waals surface area contributed by atoms with Gasteiger partial charge in [-0.25, -0.2) is 0 Å². The van der Waals surface area contributed by atoms with Gasteiger partial charge < -0.3 is 10.5 Å². The highest BCUT2D eigenvalue weighted by molar-refractivity contribution is 4.96. The van der Waals surface area contributed by atoms with Crippen LogP contribution in [0.15, 0.2) is 0 Å². The molecule has 106 valence electrons. The fourth-order valence-electron chi connectivity index (χ4n) is 3.66. The Bertz CT molecular complexity index is 253. The number of hydrogen-bond donors (Lipinski definition) is 1. The number of hydrogen-bond acceptors (Lipinski definition) is 3. The van der Waals surface area contributed by atoms with E-state index in [0.29, 0.717) is 5.92 Å². The third-order valence-electron chi connectivity index (χ3n) is 5.37. The Morgan fingerprint density at radius 2 is 2.11 bits per heavy atom. The van der Waals surface area contributed by atoms with E-state index in [9.17, 15) is 0 Å². The Morgan fingerprint density at radius 3 is 2.72 bits per heavy atom. The van der Waals surface area contributed by atoms with E-state index in [4.69, 9.17) is 10.5 Å². The highest BCUT2D eigenvalue weighted by Gasteiger charge is 2.40. The highest BCUT2D eigenvalue weighted by atomic mass is 16.5. The summed E-state index contributed by atoms with van der Waals surface area (Å²) in [7, 11) is 0. The number of likely N-dealkylation sites (tertiary alicyclic amines) is 1. The molecule has 0 saturated carbocycles. The van der Waals surface area contributed by atoms with E-state index < -0.39 is 0 Å². The summed E-state index contributed by atoms with van der Waals surface area (Å²) in [4.78, 5) is 2.67. The summed E-state index contributed by atoms with van der Waals surface area (Å²) in [6, 6.07) is 0. The molecule has 0 bridgehead atoms. The SMILES string of the molecule is CCC1CCCN(C(C)(CN)C2CCOC2)CC1. The van der Waals surface area contributed by atoms with Crippen LogP contribution in [0.25, 0.3) is 0 Å². The molecule has 2 aliphatic rings. The van der Waals surface area contributed by atoms with Crippen LogP contribution in [0.4, 0.5) is 0 Å². The molecule has 0 aliphatic carbocycles. The number of ether oxygens (including phenoxy) is 1. The number of nitrogens with zero attached hydrogens (tertiary/aromatic N) is 1. The fourth-order valence-corrected chi connectivity index (χ4v) is 3.66. The van der Waals surface area contributed by atoms with Crippen LogP contribution in [0, 0.1) is 11.8 Å². The number of rotatable bonds is 4. The van der Waals surface area contributed by atoms with Crippen LogP contribution in [0.2, 0.25) is 0 Å². The predicted octanol–water partition coefficient (Wildman–Crippen LogP) is 2.25. The molecule has 0 radical (unpaired) electrons. The van der Waals surface area contributed by atoms with Crippen LogP contribution in [-0.2, 0) is 4.74 Å². The quantitative estimate of drug-likeness (QED) is 0.836. The van der Waals surface area contributed by atoms with Crippen LogP contribution < -0.4 is 5.73 Å². The summed E-state index contributed by atoms with van der Waals surface area (Å²) in [6.45, 7) is 9.72. The first-order valence-electron chi connectivity index (χ1n) is 7.73. The maximum absolute atomic E-state index is 6.14. The van der Waals surface area contributed by atoms with Crippen molar-refractivity contribution in [2.75, 3.05) is 32.8 Å². The van der Waals surface area contributed by atoms with Crippen molar-refractivity contribution in [3.05, 3.63) is 0 Å². The molecule has 2 rings (SSSR count). The Morgan fingerprint density at radius 1 is 1.28 bits per heavy atom. The molecule has 0 amide bonds. The average Bonchev–Trinajstić information content (AvgIpc) is 2.83. The van der Waals surface area contributed by atoms with Crippen molar-refractivity contribution in [1.29, 1.82) is 0 Å². The Kier molecular flexibility index (Phi) is 5.05. The minimum atomic E-state index is 0.152. The van der Waals surface area contributed by atoms with E-state index in [1.807, 2.05) is 0 Å². The van der Waals surface area contributed by atoms with Gasteiger partial charge in [-0.1, -0.05) is 13.3 Å². The van der Waals surface area contributed by atoms with Gasteiger partial charge in [0.2, 0.25) is 0 Å². The van der Waals surface area contributed by atoms with Gasteiger partial charge in [-0.05, 0) is 51.6 Å². The molecule has 18 heavy (non-hydrogen) atoms. The molecule has 0 aromatic rings. The number of nitrogens with two attached hydrogens (primary N) is 1. The van der Waals surface area contributed by atoms with Crippen molar-refractivity contribution in [2.45, 2.75) is 51.5 Å². The van der Waals surface area contributed by atoms with Crippen molar-refractivity contribution < 1.29 is 4.74 Å². The molecule has 2 fully saturated rings. The lowest BCUT2D eigenvalue weighted by Gasteiger charge is -2.44. The maximum Gasteiger partial charge on any atom is 0.0513 e. The Hall–Kier alpha value is -0.120. The van der Waals surface area contributed by atoms with Crippen molar-refractivity contribution in [3.8, 4) is 0 Å². The zero-order valence-electron chi connectivity index (χ0n) is 12.2. The predicted molar refractivity (Wildman–Crippen MR) is 75.6 cm³/mol. The van der Waals surface area contributed by atoms with E-state index >= 15 is 0 Å². The summed E-state index contributed by atoms with van der Waals surface area (Å²) in [6.07, 6.45) is 6.59. The summed E-state index contributed by atoms with van der Waals surface area (Å²) in [5.74, 6) is 1.55. The summed E-state index contributed by atoms with van der Waals surface area (Å²) in [5, 5.41) is 0. The highest BCUT2D eigenvalue weighted by Crippen LogP contribution is 2.33. The van der Waals surface area contributed by atoms with Crippen LogP contribution >= 0.6 is 0 Å². The molecule has 2 aliphatic heterocycles. The van der Waals surface area contributed by atoms with Gasteiger partial charge in [-0.3, -0.25) is 4.90 Å². The first-order chi connectivity index (χ1) is 8.70. The van der Waals surface area contributed by atoms with Gasteiger partial charge in [-0.2, -0.15) is 0 Å². The average molecular weight is 254 g/mol. The largest absolute Gasteiger partial charge is 0.381 e. The fraction of sp³-hybridized carbons (Fsp3) is 1.00. The van der Waals surface area contributed by atoms with Gasteiger partial charge in [0.05, 0.1) is 6.61 Å². The second-order valence-corrected chi connectivity index (χ2v) is 6.31. The molecule has 0 aromatic heterocycles. The van der Waals surface area contributed by atoms with Gasteiger partial charge in [0, 0.05) is 24.6 Å². The molecule has 3 nitrogen and oxygen atoms in total. The van der Waals surface area contributed by atoms with Gasteiger partial charge in [-0.15, -0.1) is 0 Å². The second-order valence-electron chi connectivity index (χ2n) is 6.31. The lowest BCUT2D eigenvalue weighted by atomic mass is 9.83. The van der Waals surface area contributed by atoms with E-state index in [-0.39, 0.29) is 5.54 Å². The van der Waals surface area contributed by atoms with Crippen LogP contribution in [-0.4, -0.2) is 43.3 Å². The summed E-state index contributed by atoms with van der Waals surface area (Å²) >= 11 is 0. The molecular formula is C15H30N2O. The van der Waals surface area contributed by atoms with Gasteiger partial charge >= 0.3 is 0 Å². The molecule has 2 heterocycles. The normalized spacial score (nSPS) is 34.2. The van der Waals surface area contributed by atoms with Gasteiger partial charge in [0.1, 0.15) is 0 Å². The lowest BCUT2D eigenvalue weighted by molar-refractivity contribution is 0.0470. The van der Waals surface area contributed by atoms with E-state index in [1.165, 1.54) is 45.2 Å². The molecule has 3 atom stereocenters. The molecular weight excluding hydrogens is 224 g/mol. The minimum Gasteiger partial charge on any atom is -0.381 e. The van der Waals surface area contributed by atoms with Crippen molar-refractivity contribution in [3.63, 3.8) is 0 Å². The van der Waals surface area contributed by atoms with Crippen molar-refractivity contribution in [1.82, 2.24) is 4.90 Å². The van der Waals surface area contributed by atoms with Crippen LogP contribution in [0.3, 0.4) is 0 Å². The second kappa shape index (κ2) is 6.36. The molecule has 3 heteroatoms. The van der Waals surface area contributed by atoms with Crippen LogP contribution in [0.1, 0.15) is 46.0 Å². The van der Waals surface area contributed by atoms with Gasteiger partial charge in [0.15, 0.2) is 0 Å². The molecule has 2 N–H and O–H groups in total. The van der Waals surface area contributed by atoms with E-state index in [1.54, 1.807) is 0 Å². The smallest absolute Gasteiger partial charge is 0.0513 e.